The Balaban J connectivity index is 1.93. The lowest BCUT2D eigenvalue weighted by molar-refractivity contribution is -0.120. The molecule has 124 valence electrons. The van der Waals surface area contributed by atoms with Crippen LogP contribution >= 0.6 is 0 Å². The van der Waals surface area contributed by atoms with E-state index in [0.29, 0.717) is 11.3 Å². The second kappa shape index (κ2) is 7.87. The molecule has 7 heteroatoms. The average molecular weight is 332 g/mol. The molecule has 0 unspecified atom stereocenters. The Morgan fingerprint density at radius 2 is 1.79 bits per heavy atom. The Bertz CT molecular complexity index is 774. The summed E-state index contributed by atoms with van der Waals surface area (Å²) in [5.74, 6) is -2.62. The number of nitrogens with one attached hydrogen (secondary N) is 1. The molecule has 0 radical (unpaired) electrons. The molecule has 0 aliphatic heterocycles. The van der Waals surface area contributed by atoms with Gasteiger partial charge >= 0.3 is 0 Å². The lowest BCUT2D eigenvalue weighted by atomic mass is 10.2. The van der Waals surface area contributed by atoms with Gasteiger partial charge in [0.2, 0.25) is 5.91 Å². The molecule has 0 heterocycles. The summed E-state index contributed by atoms with van der Waals surface area (Å²) in [6, 6.07) is 9.68. The molecule has 3 N–H and O–H groups in total. The monoisotopic (exact) mass is 332 g/mol. The summed E-state index contributed by atoms with van der Waals surface area (Å²) >= 11 is 0. The highest BCUT2D eigenvalue weighted by molar-refractivity contribution is 6.01. The molecule has 0 saturated carbocycles. The minimum absolute atomic E-state index is 0.152. The van der Waals surface area contributed by atoms with Crippen molar-refractivity contribution < 1.29 is 23.1 Å². The smallest absolute Gasteiger partial charge is 0.255 e. The van der Waals surface area contributed by atoms with Crippen molar-refractivity contribution in [2.75, 3.05) is 11.9 Å². The van der Waals surface area contributed by atoms with Gasteiger partial charge in [0, 0.05) is 17.8 Å². The first-order valence-corrected chi connectivity index (χ1v) is 6.89. The normalized spacial score (nSPS) is 10.6. The van der Waals surface area contributed by atoms with Crippen molar-refractivity contribution in [3.8, 4) is 5.75 Å². The maximum Gasteiger partial charge on any atom is 0.255 e. The molecule has 0 spiro atoms. The number of nitrogens with two attached hydrogens (primary N) is 1. The quantitative estimate of drug-likeness (QED) is 0.798. The van der Waals surface area contributed by atoms with Crippen molar-refractivity contribution in [1.82, 2.24) is 0 Å². The average Bonchev–Trinajstić information content (AvgIpc) is 2.55. The van der Waals surface area contributed by atoms with Crippen molar-refractivity contribution in [1.29, 1.82) is 0 Å². The second-order valence-electron chi connectivity index (χ2n) is 4.78. The number of ether oxygens (including phenoxy) is 1. The first-order chi connectivity index (χ1) is 11.4. The van der Waals surface area contributed by atoms with Gasteiger partial charge in [0.1, 0.15) is 5.75 Å². The molecule has 0 aliphatic rings. The van der Waals surface area contributed by atoms with Gasteiger partial charge in [0.25, 0.3) is 5.91 Å². The Morgan fingerprint density at radius 3 is 2.42 bits per heavy atom. The number of carbonyl (C=O) groups excluding carboxylic acids is 2. The molecule has 2 aromatic rings. The summed E-state index contributed by atoms with van der Waals surface area (Å²) in [6.45, 7) is -0.216. The van der Waals surface area contributed by atoms with E-state index in [2.05, 4.69) is 5.32 Å². The first kappa shape index (κ1) is 17.1. The second-order valence-corrected chi connectivity index (χ2v) is 4.78. The predicted molar refractivity (Wildman–Crippen MR) is 85.2 cm³/mol. The SMILES string of the molecule is NC(=O)COc1ccc(/C=C/C(=O)Nc2ccc(F)c(F)c2)cc1. The van der Waals surface area contributed by atoms with Gasteiger partial charge in [-0.1, -0.05) is 12.1 Å². The maximum atomic E-state index is 13.0. The summed E-state index contributed by atoms with van der Waals surface area (Å²) in [5, 5.41) is 2.42. The number of hydrogen-bond acceptors (Lipinski definition) is 3. The van der Waals surface area contributed by atoms with Crippen LogP contribution in [0.15, 0.2) is 48.5 Å². The highest BCUT2D eigenvalue weighted by Gasteiger charge is 2.04. The van der Waals surface area contributed by atoms with Crippen LogP contribution in [0, 0.1) is 11.6 Å². The van der Waals surface area contributed by atoms with Gasteiger partial charge in [-0.2, -0.15) is 0 Å². The van der Waals surface area contributed by atoms with E-state index in [1.165, 1.54) is 18.2 Å². The lowest BCUT2D eigenvalue weighted by Crippen LogP contribution is -2.19. The van der Waals surface area contributed by atoms with Gasteiger partial charge in [-0.15, -0.1) is 0 Å². The minimum Gasteiger partial charge on any atom is -0.484 e. The zero-order chi connectivity index (χ0) is 17.5. The third-order valence-electron chi connectivity index (χ3n) is 2.88. The Hall–Kier alpha value is -3.22. The van der Waals surface area contributed by atoms with Crippen LogP contribution in [-0.4, -0.2) is 18.4 Å². The Morgan fingerprint density at radius 1 is 1.08 bits per heavy atom. The minimum atomic E-state index is -1.04. The predicted octanol–water partition coefficient (Wildman–Crippen LogP) is 2.48. The van der Waals surface area contributed by atoms with Crippen molar-refractivity contribution in [3.63, 3.8) is 0 Å². The van der Waals surface area contributed by atoms with E-state index in [1.807, 2.05) is 0 Å². The highest BCUT2D eigenvalue weighted by atomic mass is 19.2. The largest absolute Gasteiger partial charge is 0.484 e. The molecule has 0 aromatic heterocycles. The highest BCUT2D eigenvalue weighted by Crippen LogP contribution is 2.14. The fourth-order valence-corrected chi connectivity index (χ4v) is 1.76. The van der Waals surface area contributed by atoms with E-state index in [-0.39, 0.29) is 12.3 Å². The van der Waals surface area contributed by atoms with E-state index in [4.69, 9.17) is 10.5 Å². The Kier molecular flexibility index (Phi) is 5.62. The number of hydrogen-bond donors (Lipinski definition) is 2. The lowest BCUT2D eigenvalue weighted by Gasteiger charge is -2.04. The topological polar surface area (TPSA) is 81.4 Å². The van der Waals surface area contributed by atoms with Crippen LogP contribution < -0.4 is 15.8 Å². The number of anilines is 1. The molecule has 24 heavy (non-hydrogen) atoms. The Labute approximate surface area is 136 Å². The van der Waals surface area contributed by atoms with Crippen molar-refractivity contribution in [2.24, 2.45) is 5.73 Å². The zero-order valence-corrected chi connectivity index (χ0v) is 12.5. The number of benzene rings is 2. The molecule has 5 nitrogen and oxygen atoms in total. The van der Waals surface area contributed by atoms with Gasteiger partial charge in [0.05, 0.1) is 0 Å². The third-order valence-corrected chi connectivity index (χ3v) is 2.88. The molecule has 0 bridgehead atoms. The van der Waals surface area contributed by atoms with Crippen LogP contribution in [0.3, 0.4) is 0 Å². The van der Waals surface area contributed by atoms with Gasteiger partial charge in [0.15, 0.2) is 18.2 Å². The van der Waals surface area contributed by atoms with Gasteiger partial charge in [-0.05, 0) is 35.9 Å². The molecule has 0 saturated heterocycles. The number of halogens is 2. The van der Waals surface area contributed by atoms with Crippen LogP contribution in [0.25, 0.3) is 6.08 Å². The van der Waals surface area contributed by atoms with Gasteiger partial charge < -0.3 is 15.8 Å². The molecule has 2 aromatic carbocycles. The van der Waals surface area contributed by atoms with Crippen LogP contribution in [0.2, 0.25) is 0 Å². The first-order valence-electron chi connectivity index (χ1n) is 6.89. The summed E-state index contributed by atoms with van der Waals surface area (Å²) in [7, 11) is 0. The fourth-order valence-electron chi connectivity index (χ4n) is 1.76. The van der Waals surface area contributed by atoms with Crippen molar-refractivity contribution in [3.05, 3.63) is 65.7 Å². The third kappa shape index (κ3) is 5.20. The zero-order valence-electron chi connectivity index (χ0n) is 12.5. The summed E-state index contributed by atoms with van der Waals surface area (Å²) < 4.78 is 30.9. The van der Waals surface area contributed by atoms with E-state index in [0.717, 1.165) is 12.1 Å². The summed E-state index contributed by atoms with van der Waals surface area (Å²) in [4.78, 5) is 22.3. The van der Waals surface area contributed by atoms with Crippen LogP contribution in [0.4, 0.5) is 14.5 Å². The summed E-state index contributed by atoms with van der Waals surface area (Å²) in [5.41, 5.74) is 5.83. The van der Waals surface area contributed by atoms with Crippen LogP contribution in [-0.2, 0) is 9.59 Å². The standard InChI is InChI=1S/C17H14F2N2O3/c18-14-7-4-12(9-15(14)19)21-17(23)8-3-11-1-5-13(6-2-11)24-10-16(20)22/h1-9H,10H2,(H2,20,22)(H,21,23)/b8-3+. The maximum absolute atomic E-state index is 13.0. The molecular weight excluding hydrogens is 318 g/mol. The number of primary amides is 1. The summed E-state index contributed by atoms with van der Waals surface area (Å²) in [6.07, 6.45) is 2.79. The van der Waals surface area contributed by atoms with E-state index >= 15 is 0 Å². The molecule has 0 atom stereocenters. The molecule has 0 aliphatic carbocycles. The molecular formula is C17H14F2N2O3. The number of carbonyl (C=O) groups is 2. The van der Waals surface area contributed by atoms with Gasteiger partial charge in [-0.3, -0.25) is 9.59 Å². The van der Waals surface area contributed by atoms with E-state index in [9.17, 15) is 18.4 Å². The molecule has 2 amide bonds. The van der Waals surface area contributed by atoms with E-state index < -0.39 is 23.4 Å². The van der Waals surface area contributed by atoms with Crippen molar-refractivity contribution >= 4 is 23.6 Å². The van der Waals surface area contributed by atoms with Crippen molar-refractivity contribution in [2.45, 2.75) is 0 Å². The molecule has 2 rings (SSSR count). The molecule has 0 fully saturated rings. The fraction of sp³-hybridized carbons (Fsp3) is 0.0588. The van der Waals surface area contributed by atoms with E-state index in [1.54, 1.807) is 24.3 Å². The number of rotatable bonds is 6. The number of amides is 2. The van der Waals surface area contributed by atoms with Gasteiger partial charge in [-0.25, -0.2) is 8.78 Å². The van der Waals surface area contributed by atoms with Crippen LogP contribution in [0.5, 0.6) is 5.75 Å². The van der Waals surface area contributed by atoms with Crippen LogP contribution in [0.1, 0.15) is 5.56 Å².